The standard InChI is InChI=1S/C22H16ClNO2S2/c1-13-5-6-14(2)17(12-13)24-21(25)19(18-4-3-11-27-18)20(22(24)26)28-16-9-7-15(23)8-10-16/h3-12H,1-2H3. The Morgan fingerprint density at radius 1 is 0.964 bits per heavy atom. The van der Waals surface area contributed by atoms with Crippen LogP contribution in [-0.4, -0.2) is 11.8 Å². The number of hydrogen-bond acceptors (Lipinski definition) is 4. The first-order valence-electron chi connectivity index (χ1n) is 8.63. The number of carbonyl (C=O) groups excluding carboxylic acids is 2. The largest absolute Gasteiger partial charge is 0.272 e. The van der Waals surface area contributed by atoms with Crippen molar-refractivity contribution in [2.24, 2.45) is 0 Å². The zero-order valence-electron chi connectivity index (χ0n) is 15.2. The lowest BCUT2D eigenvalue weighted by atomic mass is 10.1. The minimum Gasteiger partial charge on any atom is -0.268 e. The summed E-state index contributed by atoms with van der Waals surface area (Å²) >= 11 is 8.73. The lowest BCUT2D eigenvalue weighted by Crippen LogP contribution is -2.31. The lowest BCUT2D eigenvalue weighted by Gasteiger charge is -2.18. The van der Waals surface area contributed by atoms with Crippen molar-refractivity contribution < 1.29 is 9.59 Å². The molecule has 1 aliphatic rings. The Kier molecular flexibility index (Phi) is 5.15. The molecule has 28 heavy (non-hydrogen) atoms. The molecule has 0 N–H and O–H groups in total. The van der Waals surface area contributed by atoms with E-state index in [-0.39, 0.29) is 11.8 Å². The van der Waals surface area contributed by atoms with E-state index in [9.17, 15) is 9.59 Å². The minimum atomic E-state index is -0.290. The van der Waals surface area contributed by atoms with Gasteiger partial charge in [0.15, 0.2) is 0 Å². The summed E-state index contributed by atoms with van der Waals surface area (Å²) in [7, 11) is 0. The summed E-state index contributed by atoms with van der Waals surface area (Å²) in [6, 6.07) is 16.8. The van der Waals surface area contributed by atoms with E-state index in [0.717, 1.165) is 20.9 Å². The van der Waals surface area contributed by atoms with E-state index in [1.165, 1.54) is 28.0 Å². The first kappa shape index (κ1) is 19.0. The van der Waals surface area contributed by atoms with Crippen molar-refractivity contribution in [1.82, 2.24) is 0 Å². The third kappa shape index (κ3) is 3.41. The molecular weight excluding hydrogens is 410 g/mol. The Hall–Kier alpha value is -2.34. The zero-order chi connectivity index (χ0) is 19.8. The second kappa shape index (κ2) is 7.59. The first-order chi connectivity index (χ1) is 13.5. The predicted molar refractivity (Wildman–Crippen MR) is 117 cm³/mol. The van der Waals surface area contributed by atoms with Crippen LogP contribution >= 0.6 is 34.7 Å². The normalized spacial score (nSPS) is 14.3. The van der Waals surface area contributed by atoms with Crippen LogP contribution < -0.4 is 4.90 Å². The molecule has 2 amide bonds. The molecule has 0 spiro atoms. The Morgan fingerprint density at radius 3 is 2.39 bits per heavy atom. The van der Waals surface area contributed by atoms with E-state index < -0.39 is 0 Å². The Morgan fingerprint density at radius 2 is 1.71 bits per heavy atom. The van der Waals surface area contributed by atoms with Gasteiger partial charge in [0, 0.05) is 14.8 Å². The van der Waals surface area contributed by atoms with Gasteiger partial charge in [0.25, 0.3) is 11.8 Å². The summed E-state index contributed by atoms with van der Waals surface area (Å²) in [5.74, 6) is -0.570. The molecule has 2 heterocycles. The van der Waals surface area contributed by atoms with Crippen LogP contribution in [0.25, 0.3) is 5.57 Å². The maximum absolute atomic E-state index is 13.4. The van der Waals surface area contributed by atoms with Gasteiger partial charge in [-0.05, 0) is 66.8 Å². The average Bonchev–Trinajstić information content (AvgIpc) is 3.27. The van der Waals surface area contributed by atoms with Crippen LogP contribution in [0.3, 0.4) is 0 Å². The van der Waals surface area contributed by atoms with Gasteiger partial charge in [0.2, 0.25) is 0 Å². The van der Waals surface area contributed by atoms with Crippen LogP contribution in [0.2, 0.25) is 5.02 Å². The summed E-state index contributed by atoms with van der Waals surface area (Å²) in [6.07, 6.45) is 0. The van der Waals surface area contributed by atoms with Crippen molar-refractivity contribution >= 4 is 57.8 Å². The molecule has 3 aromatic rings. The van der Waals surface area contributed by atoms with Crippen molar-refractivity contribution in [3.63, 3.8) is 0 Å². The number of anilines is 1. The molecule has 0 fully saturated rings. The number of thiophene rings is 1. The van der Waals surface area contributed by atoms with E-state index in [1.54, 1.807) is 12.1 Å². The van der Waals surface area contributed by atoms with Crippen LogP contribution in [0.1, 0.15) is 16.0 Å². The lowest BCUT2D eigenvalue weighted by molar-refractivity contribution is -0.119. The highest BCUT2D eigenvalue weighted by atomic mass is 35.5. The quantitative estimate of drug-likeness (QED) is 0.474. The highest BCUT2D eigenvalue weighted by molar-refractivity contribution is 8.04. The summed E-state index contributed by atoms with van der Waals surface area (Å²) < 4.78 is 0. The third-order valence-electron chi connectivity index (χ3n) is 4.45. The van der Waals surface area contributed by atoms with Gasteiger partial charge >= 0.3 is 0 Å². The average molecular weight is 426 g/mol. The van der Waals surface area contributed by atoms with E-state index in [1.807, 2.05) is 61.7 Å². The fourth-order valence-corrected chi connectivity index (χ4v) is 4.99. The molecule has 6 heteroatoms. The van der Waals surface area contributed by atoms with Gasteiger partial charge in [0.1, 0.15) is 0 Å². The SMILES string of the molecule is Cc1ccc(C)c(N2C(=O)C(Sc3ccc(Cl)cc3)=C(c3cccs3)C2=O)c1. The van der Waals surface area contributed by atoms with Crippen LogP contribution in [0, 0.1) is 13.8 Å². The molecule has 0 saturated heterocycles. The van der Waals surface area contributed by atoms with Gasteiger partial charge in [-0.15, -0.1) is 11.3 Å². The highest BCUT2D eigenvalue weighted by Gasteiger charge is 2.41. The van der Waals surface area contributed by atoms with Crippen molar-refractivity contribution in [2.45, 2.75) is 18.7 Å². The van der Waals surface area contributed by atoms with E-state index in [4.69, 9.17) is 11.6 Å². The summed E-state index contributed by atoms with van der Waals surface area (Å²) in [6.45, 7) is 3.86. The van der Waals surface area contributed by atoms with Gasteiger partial charge in [-0.3, -0.25) is 9.59 Å². The molecule has 4 rings (SSSR count). The van der Waals surface area contributed by atoms with Crippen LogP contribution in [0.4, 0.5) is 5.69 Å². The number of halogens is 1. The molecule has 0 saturated carbocycles. The summed E-state index contributed by atoms with van der Waals surface area (Å²) in [5, 5.41) is 2.54. The van der Waals surface area contributed by atoms with Gasteiger partial charge in [-0.1, -0.05) is 41.6 Å². The maximum Gasteiger partial charge on any atom is 0.272 e. The number of imide groups is 1. The molecule has 0 unspecified atom stereocenters. The minimum absolute atomic E-state index is 0.280. The van der Waals surface area contributed by atoms with Gasteiger partial charge < -0.3 is 0 Å². The maximum atomic E-state index is 13.4. The van der Waals surface area contributed by atoms with E-state index in [0.29, 0.717) is 21.2 Å². The van der Waals surface area contributed by atoms with Crippen LogP contribution in [-0.2, 0) is 9.59 Å². The monoisotopic (exact) mass is 425 g/mol. The Bertz CT molecular complexity index is 1100. The van der Waals surface area contributed by atoms with Gasteiger partial charge in [0.05, 0.1) is 16.2 Å². The molecule has 0 aliphatic carbocycles. The number of benzene rings is 2. The Balaban J connectivity index is 1.82. The van der Waals surface area contributed by atoms with Crippen molar-refractivity contribution in [3.05, 3.63) is 85.9 Å². The van der Waals surface area contributed by atoms with Crippen molar-refractivity contribution in [1.29, 1.82) is 0 Å². The van der Waals surface area contributed by atoms with Crippen LogP contribution in [0.5, 0.6) is 0 Å². The smallest absolute Gasteiger partial charge is 0.268 e. The predicted octanol–water partition coefficient (Wildman–Crippen LogP) is 6.10. The fourth-order valence-electron chi connectivity index (χ4n) is 3.04. The number of carbonyl (C=O) groups is 2. The fraction of sp³-hybridized carbons (Fsp3) is 0.0909. The van der Waals surface area contributed by atoms with Crippen LogP contribution in [0.15, 0.2) is 69.8 Å². The molecule has 0 radical (unpaired) electrons. The molecule has 3 nitrogen and oxygen atoms in total. The van der Waals surface area contributed by atoms with Crippen molar-refractivity contribution in [3.8, 4) is 0 Å². The summed E-state index contributed by atoms with van der Waals surface area (Å²) in [4.78, 5) is 30.1. The molecular formula is C22H16ClNO2S2. The van der Waals surface area contributed by atoms with Crippen molar-refractivity contribution in [2.75, 3.05) is 4.90 Å². The molecule has 2 aromatic carbocycles. The zero-order valence-corrected chi connectivity index (χ0v) is 17.6. The number of nitrogens with zero attached hydrogens (tertiary/aromatic N) is 1. The number of amides is 2. The molecule has 0 atom stereocenters. The second-order valence-corrected chi connectivity index (χ2v) is 8.94. The molecule has 1 aliphatic heterocycles. The molecule has 140 valence electrons. The number of rotatable bonds is 4. The van der Waals surface area contributed by atoms with E-state index >= 15 is 0 Å². The number of aryl methyl sites for hydroxylation is 2. The van der Waals surface area contributed by atoms with E-state index in [2.05, 4.69) is 0 Å². The van der Waals surface area contributed by atoms with Gasteiger partial charge in [-0.25, -0.2) is 4.90 Å². The Labute approximate surface area is 176 Å². The summed E-state index contributed by atoms with van der Waals surface area (Å²) in [5.41, 5.74) is 2.98. The molecule has 1 aromatic heterocycles. The topological polar surface area (TPSA) is 37.4 Å². The number of thioether (sulfide) groups is 1. The second-order valence-electron chi connectivity index (χ2n) is 6.47. The van der Waals surface area contributed by atoms with Gasteiger partial charge in [-0.2, -0.15) is 0 Å². The number of hydrogen-bond donors (Lipinski definition) is 0. The first-order valence-corrected chi connectivity index (χ1v) is 10.7. The third-order valence-corrected chi connectivity index (χ3v) is 6.68. The highest BCUT2D eigenvalue weighted by Crippen LogP contribution is 2.43. The molecule has 0 bridgehead atoms.